The molecule has 1 atom stereocenters. The second kappa shape index (κ2) is 6.52. The summed E-state index contributed by atoms with van der Waals surface area (Å²) in [7, 11) is 1.15. The maximum atomic E-state index is 13.3. The molecular formula is C13H14ClFO4. The van der Waals surface area contributed by atoms with Crippen LogP contribution in [0.2, 0.25) is 5.02 Å². The van der Waals surface area contributed by atoms with Crippen molar-refractivity contribution >= 4 is 23.4 Å². The van der Waals surface area contributed by atoms with E-state index < -0.39 is 29.6 Å². The Morgan fingerprint density at radius 1 is 1.32 bits per heavy atom. The van der Waals surface area contributed by atoms with E-state index in [1.54, 1.807) is 13.8 Å². The Morgan fingerprint density at radius 3 is 2.42 bits per heavy atom. The number of carbonyl (C=O) groups is 2. The third-order valence-corrected chi connectivity index (χ3v) is 2.69. The van der Waals surface area contributed by atoms with Gasteiger partial charge in [-0.3, -0.25) is 4.79 Å². The molecule has 19 heavy (non-hydrogen) atoms. The second-order valence-corrected chi connectivity index (χ2v) is 4.56. The lowest BCUT2D eigenvalue weighted by Crippen LogP contribution is -2.39. The Balaban J connectivity index is 2.97. The fourth-order valence-corrected chi connectivity index (χ4v) is 1.44. The van der Waals surface area contributed by atoms with E-state index in [1.165, 1.54) is 12.1 Å². The zero-order chi connectivity index (χ0) is 14.6. The van der Waals surface area contributed by atoms with Gasteiger partial charge < -0.3 is 9.47 Å². The van der Waals surface area contributed by atoms with Gasteiger partial charge in [0.2, 0.25) is 0 Å². The maximum Gasteiger partial charge on any atom is 0.354 e. The van der Waals surface area contributed by atoms with E-state index >= 15 is 0 Å². The SMILES string of the molecule is COC(=O)C(Oc1ccc(Cl)c(F)c1)C(=O)C(C)C. The lowest BCUT2D eigenvalue weighted by molar-refractivity contribution is -0.154. The predicted octanol–water partition coefficient (Wildman–Crippen LogP) is 2.62. The highest BCUT2D eigenvalue weighted by Gasteiger charge is 2.31. The van der Waals surface area contributed by atoms with Gasteiger partial charge in [-0.05, 0) is 12.1 Å². The topological polar surface area (TPSA) is 52.6 Å². The molecule has 0 saturated carbocycles. The number of ketones is 1. The summed E-state index contributed by atoms with van der Waals surface area (Å²) in [5.41, 5.74) is 0. The van der Waals surface area contributed by atoms with Crippen molar-refractivity contribution in [2.45, 2.75) is 20.0 Å². The molecule has 0 aliphatic carbocycles. The summed E-state index contributed by atoms with van der Waals surface area (Å²) in [5, 5.41) is -0.0721. The van der Waals surface area contributed by atoms with E-state index in [-0.39, 0.29) is 10.8 Å². The first-order chi connectivity index (χ1) is 8.86. The molecule has 0 aromatic heterocycles. The van der Waals surface area contributed by atoms with Gasteiger partial charge in [-0.15, -0.1) is 0 Å². The number of benzene rings is 1. The number of esters is 1. The van der Waals surface area contributed by atoms with Gasteiger partial charge in [0.15, 0.2) is 5.78 Å². The van der Waals surface area contributed by atoms with Crippen LogP contribution in [0.4, 0.5) is 4.39 Å². The van der Waals surface area contributed by atoms with E-state index in [1.807, 2.05) is 0 Å². The number of halogens is 2. The molecule has 0 bridgehead atoms. The molecule has 4 nitrogen and oxygen atoms in total. The van der Waals surface area contributed by atoms with Crippen LogP contribution in [0.5, 0.6) is 5.75 Å². The van der Waals surface area contributed by atoms with Crippen molar-refractivity contribution in [3.63, 3.8) is 0 Å². The van der Waals surface area contributed by atoms with Crippen LogP contribution >= 0.6 is 11.6 Å². The first kappa shape index (κ1) is 15.4. The zero-order valence-corrected chi connectivity index (χ0v) is 11.5. The standard InChI is InChI=1S/C13H14ClFO4/c1-7(2)11(16)12(13(17)18-3)19-8-4-5-9(14)10(15)6-8/h4-7,12H,1-3H3. The molecule has 0 saturated heterocycles. The van der Waals surface area contributed by atoms with Crippen LogP contribution in [-0.2, 0) is 14.3 Å². The van der Waals surface area contributed by atoms with Crippen molar-refractivity contribution in [3.8, 4) is 5.75 Å². The lowest BCUT2D eigenvalue weighted by atomic mass is 10.0. The molecular weight excluding hydrogens is 275 g/mol. The summed E-state index contributed by atoms with van der Waals surface area (Å²) in [6.07, 6.45) is -1.41. The van der Waals surface area contributed by atoms with E-state index in [4.69, 9.17) is 16.3 Å². The molecule has 0 spiro atoms. The molecule has 0 radical (unpaired) electrons. The Bertz CT molecular complexity index is 488. The first-order valence-electron chi connectivity index (χ1n) is 5.60. The number of rotatable bonds is 5. The van der Waals surface area contributed by atoms with Crippen molar-refractivity contribution in [2.75, 3.05) is 7.11 Å². The Kier molecular flexibility index (Phi) is 5.30. The predicted molar refractivity (Wildman–Crippen MR) is 67.7 cm³/mol. The summed E-state index contributed by atoms with van der Waals surface area (Å²) in [6, 6.07) is 3.65. The van der Waals surface area contributed by atoms with E-state index in [2.05, 4.69) is 4.74 Å². The quantitative estimate of drug-likeness (QED) is 0.617. The molecule has 1 aromatic carbocycles. The minimum atomic E-state index is -1.41. The maximum absolute atomic E-state index is 13.3. The number of ether oxygens (including phenoxy) is 2. The first-order valence-corrected chi connectivity index (χ1v) is 5.98. The Hall–Kier alpha value is -1.62. The molecule has 0 N–H and O–H groups in total. The van der Waals surface area contributed by atoms with E-state index in [9.17, 15) is 14.0 Å². The monoisotopic (exact) mass is 288 g/mol. The summed E-state index contributed by atoms with van der Waals surface area (Å²) in [5.74, 6) is -2.34. The molecule has 0 heterocycles. The summed E-state index contributed by atoms with van der Waals surface area (Å²) < 4.78 is 23.0. The van der Waals surface area contributed by atoms with Crippen molar-refractivity contribution in [1.82, 2.24) is 0 Å². The molecule has 1 rings (SSSR count). The third kappa shape index (κ3) is 3.92. The van der Waals surface area contributed by atoms with Gasteiger partial charge in [-0.1, -0.05) is 25.4 Å². The van der Waals surface area contributed by atoms with Gasteiger partial charge in [0.1, 0.15) is 11.6 Å². The van der Waals surface area contributed by atoms with Crippen molar-refractivity contribution in [3.05, 3.63) is 29.0 Å². The Labute approximate surface area is 115 Å². The van der Waals surface area contributed by atoms with Crippen molar-refractivity contribution in [1.29, 1.82) is 0 Å². The highest BCUT2D eigenvalue weighted by molar-refractivity contribution is 6.30. The lowest BCUT2D eigenvalue weighted by Gasteiger charge is -2.17. The van der Waals surface area contributed by atoms with Gasteiger partial charge in [0.05, 0.1) is 12.1 Å². The minimum absolute atomic E-state index is 0.0336. The minimum Gasteiger partial charge on any atom is -0.471 e. The largest absolute Gasteiger partial charge is 0.471 e. The van der Waals surface area contributed by atoms with Gasteiger partial charge in [0, 0.05) is 12.0 Å². The number of methoxy groups -OCH3 is 1. The average Bonchev–Trinajstić information content (AvgIpc) is 2.38. The summed E-state index contributed by atoms with van der Waals surface area (Å²) in [6.45, 7) is 3.26. The molecule has 0 fully saturated rings. The van der Waals surface area contributed by atoms with Crippen LogP contribution in [0, 0.1) is 11.7 Å². The van der Waals surface area contributed by atoms with Crippen LogP contribution in [0.25, 0.3) is 0 Å². The molecule has 6 heteroatoms. The van der Waals surface area contributed by atoms with Crippen molar-refractivity contribution < 1.29 is 23.5 Å². The van der Waals surface area contributed by atoms with Crippen LogP contribution < -0.4 is 4.74 Å². The van der Waals surface area contributed by atoms with Crippen LogP contribution in [0.3, 0.4) is 0 Å². The van der Waals surface area contributed by atoms with Gasteiger partial charge >= 0.3 is 5.97 Å². The van der Waals surface area contributed by atoms with E-state index in [0.29, 0.717) is 0 Å². The summed E-state index contributed by atoms with van der Waals surface area (Å²) in [4.78, 5) is 23.4. The molecule has 0 amide bonds. The average molecular weight is 289 g/mol. The van der Waals surface area contributed by atoms with Crippen LogP contribution in [-0.4, -0.2) is 25.0 Å². The molecule has 0 aliphatic rings. The van der Waals surface area contributed by atoms with Gasteiger partial charge in [-0.2, -0.15) is 0 Å². The molecule has 1 aromatic rings. The molecule has 104 valence electrons. The van der Waals surface area contributed by atoms with Gasteiger partial charge in [0.25, 0.3) is 6.10 Å². The third-order valence-electron chi connectivity index (χ3n) is 2.39. The number of carbonyl (C=O) groups excluding carboxylic acids is 2. The van der Waals surface area contributed by atoms with Crippen LogP contribution in [0.15, 0.2) is 18.2 Å². The number of hydrogen-bond acceptors (Lipinski definition) is 4. The fraction of sp³-hybridized carbons (Fsp3) is 0.385. The smallest absolute Gasteiger partial charge is 0.354 e. The fourth-order valence-electron chi connectivity index (χ4n) is 1.32. The highest BCUT2D eigenvalue weighted by atomic mass is 35.5. The van der Waals surface area contributed by atoms with Crippen LogP contribution in [0.1, 0.15) is 13.8 Å². The van der Waals surface area contributed by atoms with E-state index in [0.717, 1.165) is 13.2 Å². The summed E-state index contributed by atoms with van der Waals surface area (Å²) >= 11 is 5.53. The Morgan fingerprint density at radius 2 is 1.95 bits per heavy atom. The number of Topliss-reactive ketones (excluding diaryl/α,β-unsaturated/α-hetero) is 1. The molecule has 1 unspecified atom stereocenters. The molecule has 0 aliphatic heterocycles. The second-order valence-electron chi connectivity index (χ2n) is 4.15. The normalized spacial score (nSPS) is 12.1. The van der Waals surface area contributed by atoms with Gasteiger partial charge in [-0.25, -0.2) is 9.18 Å². The highest BCUT2D eigenvalue weighted by Crippen LogP contribution is 2.22. The number of hydrogen-bond donors (Lipinski definition) is 0. The zero-order valence-electron chi connectivity index (χ0n) is 10.8. The van der Waals surface area contributed by atoms with Crippen molar-refractivity contribution in [2.24, 2.45) is 5.92 Å².